The Balaban J connectivity index is 1.38. The molecule has 1 amide bonds. The molecule has 36 heavy (non-hydrogen) atoms. The fourth-order valence-corrected chi connectivity index (χ4v) is 5.82. The van der Waals surface area contributed by atoms with Crippen LogP contribution in [0, 0.1) is 5.92 Å². The third-order valence-electron chi connectivity index (χ3n) is 7.86. The number of hydrogen-bond donors (Lipinski definition) is 1. The second kappa shape index (κ2) is 11.5. The van der Waals surface area contributed by atoms with Gasteiger partial charge in [0, 0.05) is 43.8 Å². The van der Waals surface area contributed by atoms with Crippen LogP contribution in [0.1, 0.15) is 57.1 Å². The lowest BCUT2D eigenvalue weighted by Crippen LogP contribution is -2.46. The van der Waals surface area contributed by atoms with E-state index < -0.39 is 0 Å². The molecule has 2 bridgehead atoms. The van der Waals surface area contributed by atoms with Gasteiger partial charge in [-0.3, -0.25) is 9.69 Å². The summed E-state index contributed by atoms with van der Waals surface area (Å²) in [5.74, 6) is 2.38. The molecule has 0 spiro atoms. The van der Waals surface area contributed by atoms with E-state index in [1.54, 1.807) is 0 Å². The summed E-state index contributed by atoms with van der Waals surface area (Å²) in [4.78, 5) is 18.6. The van der Waals surface area contributed by atoms with Crippen molar-refractivity contribution in [3.63, 3.8) is 0 Å². The molecule has 6 heteroatoms. The number of para-hydroxylation sites is 1. The first-order valence-electron chi connectivity index (χ1n) is 13.8. The van der Waals surface area contributed by atoms with Crippen LogP contribution in [0.4, 0.5) is 5.69 Å². The van der Waals surface area contributed by atoms with Crippen LogP contribution in [0.2, 0.25) is 0 Å². The lowest BCUT2D eigenvalue weighted by Gasteiger charge is -2.34. The third kappa shape index (κ3) is 5.97. The van der Waals surface area contributed by atoms with Crippen LogP contribution in [-0.2, 0) is 17.8 Å². The lowest BCUT2D eigenvalue weighted by atomic mass is 10.1. The van der Waals surface area contributed by atoms with Crippen LogP contribution in [0.15, 0.2) is 42.5 Å². The number of benzene rings is 2. The van der Waals surface area contributed by atoms with Crippen LogP contribution in [-0.4, -0.2) is 60.6 Å². The number of hydrogen-bond acceptors (Lipinski definition) is 5. The van der Waals surface area contributed by atoms with Gasteiger partial charge >= 0.3 is 0 Å². The first kappa shape index (κ1) is 24.9. The van der Waals surface area contributed by atoms with E-state index >= 15 is 0 Å². The van der Waals surface area contributed by atoms with Gasteiger partial charge in [0.15, 0.2) is 11.5 Å². The van der Waals surface area contributed by atoms with Gasteiger partial charge in [-0.15, -0.1) is 0 Å². The molecule has 3 aliphatic rings. The summed E-state index contributed by atoms with van der Waals surface area (Å²) in [5, 5.41) is 3.68. The summed E-state index contributed by atoms with van der Waals surface area (Å²) >= 11 is 0. The molecule has 5 rings (SSSR count). The Morgan fingerprint density at radius 2 is 1.83 bits per heavy atom. The van der Waals surface area contributed by atoms with E-state index in [0.717, 1.165) is 61.6 Å². The second-order valence-electron chi connectivity index (χ2n) is 11.0. The first-order chi connectivity index (χ1) is 17.6. The molecule has 1 saturated heterocycles. The highest BCUT2D eigenvalue weighted by Crippen LogP contribution is 2.32. The average molecular weight is 492 g/mol. The maximum atomic E-state index is 13.8. The van der Waals surface area contributed by atoms with Crippen molar-refractivity contribution in [2.45, 2.75) is 71.0 Å². The fraction of sp³-hybridized carbons (Fsp3) is 0.567. The van der Waals surface area contributed by atoms with Crippen molar-refractivity contribution in [1.82, 2.24) is 9.80 Å². The van der Waals surface area contributed by atoms with Crippen LogP contribution >= 0.6 is 0 Å². The van der Waals surface area contributed by atoms with Crippen molar-refractivity contribution in [3.8, 4) is 11.5 Å². The number of carbonyl (C=O) groups excluding carboxylic acids is 1. The number of nitrogens with zero attached hydrogens (tertiary/aromatic N) is 2. The van der Waals surface area contributed by atoms with E-state index in [1.807, 2.05) is 18.2 Å². The maximum Gasteiger partial charge on any atom is 0.227 e. The minimum Gasteiger partial charge on any atom is -0.490 e. The van der Waals surface area contributed by atoms with Gasteiger partial charge in [-0.25, -0.2) is 0 Å². The van der Waals surface area contributed by atoms with Gasteiger partial charge in [0.1, 0.15) is 0 Å². The molecule has 0 saturated carbocycles. The summed E-state index contributed by atoms with van der Waals surface area (Å²) in [6.45, 7) is 9.42. The molecule has 0 aromatic heterocycles. The van der Waals surface area contributed by atoms with E-state index in [0.29, 0.717) is 44.2 Å². The number of nitrogens with one attached hydrogen (secondary N) is 1. The van der Waals surface area contributed by atoms with E-state index in [4.69, 9.17) is 9.47 Å². The monoisotopic (exact) mass is 491 g/mol. The van der Waals surface area contributed by atoms with Crippen LogP contribution in [0.3, 0.4) is 0 Å². The lowest BCUT2D eigenvalue weighted by molar-refractivity contribution is -0.132. The Kier molecular flexibility index (Phi) is 8.00. The standard InChI is InChI=1S/C30H41N3O3/c1-22(2)13-15-33-25-9-10-26(33)21-32(20-24-6-3-4-7-27(24)31-14-12-25)30(34)19-23-8-11-28-29(18-23)36-17-5-16-35-28/h3-4,6-8,11,18,22,25-26,31H,5,9-10,12-17,19-21H2,1-2H3/t25-,26+/m1/s1. The Morgan fingerprint density at radius 3 is 2.69 bits per heavy atom. The van der Waals surface area contributed by atoms with Gasteiger partial charge in [-0.05, 0) is 67.5 Å². The van der Waals surface area contributed by atoms with Gasteiger partial charge < -0.3 is 19.7 Å². The number of amides is 1. The number of anilines is 1. The second-order valence-corrected chi connectivity index (χ2v) is 11.0. The number of rotatable bonds is 5. The zero-order chi connectivity index (χ0) is 24.9. The van der Waals surface area contributed by atoms with E-state index in [2.05, 4.69) is 53.2 Å². The Bertz CT molecular complexity index is 1040. The molecule has 0 radical (unpaired) electrons. The maximum absolute atomic E-state index is 13.8. The molecule has 2 aromatic rings. The quantitative estimate of drug-likeness (QED) is 0.630. The summed E-state index contributed by atoms with van der Waals surface area (Å²) < 4.78 is 11.7. The Hall–Kier alpha value is -2.73. The summed E-state index contributed by atoms with van der Waals surface area (Å²) in [6, 6.07) is 15.4. The van der Waals surface area contributed by atoms with Crippen molar-refractivity contribution in [3.05, 3.63) is 53.6 Å². The molecular weight excluding hydrogens is 450 g/mol. The summed E-state index contributed by atoms with van der Waals surface area (Å²) in [7, 11) is 0. The van der Waals surface area contributed by atoms with Crippen molar-refractivity contribution in [2.75, 3.05) is 38.2 Å². The van der Waals surface area contributed by atoms with Gasteiger partial charge in [0.25, 0.3) is 0 Å². The minimum absolute atomic E-state index is 0.172. The normalized spacial score (nSPS) is 22.4. The molecule has 0 aliphatic carbocycles. The predicted octanol–water partition coefficient (Wildman–Crippen LogP) is 5.11. The fourth-order valence-electron chi connectivity index (χ4n) is 5.82. The van der Waals surface area contributed by atoms with Crippen molar-refractivity contribution >= 4 is 11.6 Å². The van der Waals surface area contributed by atoms with Gasteiger partial charge in [-0.1, -0.05) is 38.1 Å². The molecule has 2 atom stereocenters. The molecule has 1 fully saturated rings. The van der Waals surface area contributed by atoms with E-state index in [-0.39, 0.29) is 5.91 Å². The molecule has 3 aliphatic heterocycles. The summed E-state index contributed by atoms with van der Waals surface area (Å²) in [5.41, 5.74) is 3.32. The third-order valence-corrected chi connectivity index (χ3v) is 7.86. The van der Waals surface area contributed by atoms with Gasteiger partial charge in [0.05, 0.1) is 19.6 Å². The van der Waals surface area contributed by atoms with Gasteiger partial charge in [0.2, 0.25) is 5.91 Å². The van der Waals surface area contributed by atoms with Gasteiger partial charge in [-0.2, -0.15) is 0 Å². The van der Waals surface area contributed by atoms with Crippen LogP contribution in [0.25, 0.3) is 0 Å². The molecular formula is C30H41N3O3. The predicted molar refractivity (Wildman–Crippen MR) is 144 cm³/mol. The Morgan fingerprint density at radius 1 is 1.03 bits per heavy atom. The number of carbonyl (C=O) groups is 1. The topological polar surface area (TPSA) is 54.0 Å². The minimum atomic E-state index is 0.172. The Labute approximate surface area is 215 Å². The molecule has 2 aromatic carbocycles. The van der Waals surface area contributed by atoms with E-state index in [9.17, 15) is 4.79 Å². The van der Waals surface area contributed by atoms with Crippen molar-refractivity contribution < 1.29 is 14.3 Å². The zero-order valence-electron chi connectivity index (χ0n) is 21.9. The zero-order valence-corrected chi connectivity index (χ0v) is 21.9. The summed E-state index contributed by atoms with van der Waals surface area (Å²) in [6.07, 6.45) is 5.97. The molecule has 0 unspecified atom stereocenters. The highest BCUT2D eigenvalue weighted by atomic mass is 16.5. The number of ether oxygens (including phenoxy) is 2. The largest absolute Gasteiger partial charge is 0.490 e. The van der Waals surface area contributed by atoms with Crippen LogP contribution < -0.4 is 14.8 Å². The highest BCUT2D eigenvalue weighted by molar-refractivity contribution is 5.79. The SMILES string of the molecule is CC(C)CCN1[C@H]2CCNc3ccccc3CN(C(=O)Cc3ccc4c(c3)OCCCO4)C[C@@H]1CC2. The van der Waals surface area contributed by atoms with Crippen molar-refractivity contribution in [1.29, 1.82) is 0 Å². The average Bonchev–Trinajstić information content (AvgIpc) is 3.07. The molecule has 194 valence electrons. The molecule has 6 nitrogen and oxygen atoms in total. The molecule has 3 heterocycles. The molecule has 1 N–H and O–H groups in total. The number of fused-ring (bicyclic) bond motifs is 4. The first-order valence-corrected chi connectivity index (χ1v) is 13.8. The van der Waals surface area contributed by atoms with Crippen molar-refractivity contribution in [2.24, 2.45) is 5.92 Å². The highest BCUT2D eigenvalue weighted by Gasteiger charge is 2.35. The smallest absolute Gasteiger partial charge is 0.227 e. The van der Waals surface area contributed by atoms with Crippen LogP contribution in [0.5, 0.6) is 11.5 Å². The van der Waals surface area contributed by atoms with E-state index in [1.165, 1.54) is 18.4 Å².